The van der Waals surface area contributed by atoms with E-state index in [9.17, 15) is 19.2 Å². The van der Waals surface area contributed by atoms with Crippen LogP contribution in [-0.4, -0.2) is 74.7 Å². The molecule has 0 saturated carbocycles. The number of hydrogen-bond acceptors (Lipinski definition) is 10. The number of benzene rings is 2. The lowest BCUT2D eigenvalue weighted by atomic mass is 9.84. The zero-order valence-corrected chi connectivity index (χ0v) is 29.8. The fourth-order valence-electron chi connectivity index (χ4n) is 5.41. The minimum absolute atomic E-state index is 0.294. The number of aryl methyl sites for hydroxylation is 1. The Hall–Kier alpha value is -4.28. The van der Waals surface area contributed by atoms with Crippen LogP contribution < -0.4 is 18.9 Å². The largest absolute Gasteiger partial charge is 0.493 e. The highest BCUT2D eigenvalue weighted by molar-refractivity contribution is 6.38. The summed E-state index contributed by atoms with van der Waals surface area (Å²) in [5.41, 5.74) is -0.00932. The van der Waals surface area contributed by atoms with Gasteiger partial charge in [-0.05, 0) is 94.7 Å². The number of amides is 1. The quantitative estimate of drug-likeness (QED) is 0.164. The Labute approximate surface area is 284 Å². The highest BCUT2D eigenvalue weighted by atomic mass is 16.6. The third-order valence-corrected chi connectivity index (χ3v) is 8.41. The molecule has 1 amide bonds. The summed E-state index contributed by atoms with van der Waals surface area (Å²) in [6.45, 7) is 10.7. The molecule has 0 bridgehead atoms. The van der Waals surface area contributed by atoms with E-state index in [-0.39, 0.29) is 6.61 Å². The number of rotatable bonds is 15. The summed E-state index contributed by atoms with van der Waals surface area (Å²) >= 11 is 0. The Bertz CT molecular complexity index is 1420. The van der Waals surface area contributed by atoms with Crippen LogP contribution in [0.2, 0.25) is 0 Å². The van der Waals surface area contributed by atoms with Gasteiger partial charge in [-0.3, -0.25) is 9.59 Å². The van der Waals surface area contributed by atoms with Crippen LogP contribution in [0.15, 0.2) is 36.4 Å². The minimum atomic E-state index is -0.891. The second-order valence-corrected chi connectivity index (χ2v) is 13.5. The molecule has 264 valence electrons. The van der Waals surface area contributed by atoms with Crippen molar-refractivity contribution in [2.75, 3.05) is 34.5 Å². The van der Waals surface area contributed by atoms with Gasteiger partial charge in [0.15, 0.2) is 18.1 Å². The molecule has 0 unspecified atom stereocenters. The Morgan fingerprint density at radius 2 is 1.58 bits per heavy atom. The number of ether oxygens (including phenoxy) is 6. The van der Waals surface area contributed by atoms with Gasteiger partial charge in [0.1, 0.15) is 23.5 Å². The Morgan fingerprint density at radius 1 is 0.917 bits per heavy atom. The Balaban J connectivity index is 1.91. The van der Waals surface area contributed by atoms with E-state index in [0.29, 0.717) is 67.2 Å². The fourth-order valence-corrected chi connectivity index (χ4v) is 5.41. The summed E-state index contributed by atoms with van der Waals surface area (Å²) in [4.78, 5) is 54.1. The second-order valence-electron chi connectivity index (χ2n) is 13.5. The molecule has 11 heteroatoms. The van der Waals surface area contributed by atoms with Crippen molar-refractivity contribution in [2.24, 2.45) is 5.41 Å². The number of carbonyl (C=O) groups is 4. The van der Waals surface area contributed by atoms with E-state index in [2.05, 4.69) is 0 Å². The first-order valence-corrected chi connectivity index (χ1v) is 16.4. The maximum Gasteiger partial charge on any atom is 0.344 e. The SMILES string of the molecule is CCC(C)(C)C(=O)C(=O)N1CCCC[C@H]1C(=O)O[C@H](CCc1cc(OC)c(OC)c(OC)c1)c1cccc(OCC(=O)OC(C)(C)C)c1. The van der Waals surface area contributed by atoms with Crippen LogP contribution in [0.25, 0.3) is 0 Å². The van der Waals surface area contributed by atoms with Gasteiger partial charge in [-0.15, -0.1) is 0 Å². The molecule has 1 saturated heterocycles. The predicted octanol–water partition coefficient (Wildman–Crippen LogP) is 6.04. The van der Waals surface area contributed by atoms with Crippen molar-refractivity contribution >= 4 is 23.6 Å². The number of Topliss-reactive ketones (excluding diaryl/α,β-unsaturated/α-hetero) is 1. The molecule has 0 N–H and O–H groups in total. The second kappa shape index (κ2) is 16.7. The van der Waals surface area contributed by atoms with Gasteiger partial charge in [-0.2, -0.15) is 0 Å². The molecule has 1 fully saturated rings. The van der Waals surface area contributed by atoms with Crippen LogP contribution in [0.4, 0.5) is 0 Å². The summed E-state index contributed by atoms with van der Waals surface area (Å²) in [6, 6.07) is 9.76. The van der Waals surface area contributed by atoms with E-state index in [1.165, 1.54) is 26.2 Å². The van der Waals surface area contributed by atoms with Gasteiger partial charge in [0, 0.05) is 12.0 Å². The summed E-state index contributed by atoms with van der Waals surface area (Å²) in [5.74, 6) is -0.420. The van der Waals surface area contributed by atoms with Crippen LogP contribution >= 0.6 is 0 Å². The summed E-state index contributed by atoms with van der Waals surface area (Å²) in [5, 5.41) is 0. The smallest absolute Gasteiger partial charge is 0.344 e. The van der Waals surface area contributed by atoms with E-state index in [1.54, 1.807) is 52.8 Å². The Kier molecular flexibility index (Phi) is 13.3. The number of piperidine rings is 1. The zero-order valence-electron chi connectivity index (χ0n) is 29.8. The third kappa shape index (κ3) is 10.1. The van der Waals surface area contributed by atoms with Crippen molar-refractivity contribution in [1.29, 1.82) is 0 Å². The van der Waals surface area contributed by atoms with E-state index in [4.69, 9.17) is 28.4 Å². The summed E-state index contributed by atoms with van der Waals surface area (Å²) in [6.07, 6.45) is 2.34. The zero-order chi connectivity index (χ0) is 35.6. The van der Waals surface area contributed by atoms with Crippen LogP contribution in [0.3, 0.4) is 0 Å². The first kappa shape index (κ1) is 38.2. The lowest BCUT2D eigenvalue weighted by Crippen LogP contribution is -2.53. The molecule has 3 rings (SSSR count). The van der Waals surface area contributed by atoms with Gasteiger partial charge in [0.2, 0.25) is 11.5 Å². The van der Waals surface area contributed by atoms with Crippen molar-refractivity contribution in [1.82, 2.24) is 4.90 Å². The molecule has 2 atom stereocenters. The molecule has 2 aromatic carbocycles. The maximum absolute atomic E-state index is 13.9. The molecule has 11 nitrogen and oxygen atoms in total. The molecule has 0 radical (unpaired) electrons. The summed E-state index contributed by atoms with van der Waals surface area (Å²) < 4.78 is 33.8. The van der Waals surface area contributed by atoms with Crippen molar-refractivity contribution in [3.05, 3.63) is 47.5 Å². The summed E-state index contributed by atoms with van der Waals surface area (Å²) in [7, 11) is 4.61. The lowest BCUT2D eigenvalue weighted by Gasteiger charge is -2.36. The van der Waals surface area contributed by atoms with Gasteiger partial charge in [0.25, 0.3) is 5.91 Å². The van der Waals surface area contributed by atoms with E-state index in [0.717, 1.165) is 12.0 Å². The number of hydrogen-bond donors (Lipinski definition) is 0. The average Bonchev–Trinajstić information content (AvgIpc) is 3.07. The molecule has 0 aliphatic carbocycles. The topological polar surface area (TPSA) is 127 Å². The standard InChI is InChI=1S/C37H51NO10/c1-10-37(5,6)33(40)34(41)38-19-12-11-16-27(38)35(42)47-28(18-17-24-20-29(43-7)32(45-9)30(21-24)44-8)25-14-13-15-26(22-25)46-23-31(39)48-36(2,3)4/h13-15,20-22,27-28H,10-12,16-19,23H2,1-9H3/t27-,28+/m0/s1. The first-order chi connectivity index (χ1) is 22.6. The van der Waals surface area contributed by atoms with Crippen molar-refractivity contribution < 1.29 is 47.6 Å². The van der Waals surface area contributed by atoms with Gasteiger partial charge < -0.3 is 33.3 Å². The molecular weight excluding hydrogens is 618 g/mol. The molecule has 0 aromatic heterocycles. The molecule has 2 aromatic rings. The van der Waals surface area contributed by atoms with E-state index in [1.807, 2.05) is 25.1 Å². The normalized spacial score (nSPS) is 15.6. The van der Waals surface area contributed by atoms with Gasteiger partial charge >= 0.3 is 11.9 Å². The van der Waals surface area contributed by atoms with Gasteiger partial charge in [-0.25, -0.2) is 9.59 Å². The van der Waals surface area contributed by atoms with Crippen molar-refractivity contribution in [3.63, 3.8) is 0 Å². The monoisotopic (exact) mass is 669 g/mol. The highest BCUT2D eigenvalue weighted by Gasteiger charge is 2.41. The molecular formula is C37H51NO10. The number of carbonyl (C=O) groups excluding carboxylic acids is 4. The number of methoxy groups -OCH3 is 3. The van der Waals surface area contributed by atoms with Gasteiger partial charge in [-0.1, -0.05) is 32.9 Å². The van der Waals surface area contributed by atoms with E-state index < -0.39 is 46.8 Å². The third-order valence-electron chi connectivity index (χ3n) is 8.41. The van der Waals surface area contributed by atoms with Crippen LogP contribution in [0.5, 0.6) is 23.0 Å². The Morgan fingerprint density at radius 3 is 2.17 bits per heavy atom. The molecule has 48 heavy (non-hydrogen) atoms. The van der Waals surface area contributed by atoms with Crippen LogP contribution in [-0.2, 0) is 35.1 Å². The molecule has 1 aliphatic rings. The predicted molar refractivity (Wildman–Crippen MR) is 179 cm³/mol. The number of esters is 2. The van der Waals surface area contributed by atoms with E-state index >= 15 is 0 Å². The molecule has 1 heterocycles. The van der Waals surface area contributed by atoms with Crippen LogP contribution in [0, 0.1) is 5.41 Å². The number of likely N-dealkylation sites (tertiary alicyclic amines) is 1. The maximum atomic E-state index is 13.9. The van der Waals surface area contributed by atoms with Gasteiger partial charge in [0.05, 0.1) is 21.3 Å². The van der Waals surface area contributed by atoms with Crippen molar-refractivity contribution in [3.8, 4) is 23.0 Å². The minimum Gasteiger partial charge on any atom is -0.493 e. The fraction of sp³-hybridized carbons (Fsp3) is 0.568. The number of ketones is 1. The van der Waals surface area contributed by atoms with Crippen LogP contribution in [0.1, 0.15) is 90.9 Å². The number of nitrogens with zero attached hydrogens (tertiary/aromatic N) is 1. The highest BCUT2D eigenvalue weighted by Crippen LogP contribution is 2.39. The average molecular weight is 670 g/mol. The van der Waals surface area contributed by atoms with Crippen molar-refractivity contribution in [2.45, 2.75) is 97.8 Å². The first-order valence-electron chi connectivity index (χ1n) is 16.4. The molecule has 1 aliphatic heterocycles. The molecule has 0 spiro atoms. The lowest BCUT2D eigenvalue weighted by molar-refractivity contribution is -0.164.